The molecule has 96 valence electrons. The molecule has 3 rings (SSSR count). The van der Waals surface area contributed by atoms with Crippen LogP contribution in [0.15, 0.2) is 18.7 Å². The molecule has 1 unspecified atom stereocenters. The average Bonchev–Trinajstić information content (AvgIpc) is 2.83. The number of nitrogens with one attached hydrogen (secondary N) is 1. The summed E-state index contributed by atoms with van der Waals surface area (Å²) in [6.45, 7) is 3.88. The van der Waals surface area contributed by atoms with Crippen molar-refractivity contribution in [3.63, 3.8) is 0 Å². The second-order valence-corrected chi connectivity index (χ2v) is 5.38. The van der Waals surface area contributed by atoms with Crippen LogP contribution < -0.4 is 5.32 Å². The van der Waals surface area contributed by atoms with Crippen molar-refractivity contribution in [3.8, 4) is 0 Å². The van der Waals surface area contributed by atoms with E-state index in [0.717, 1.165) is 32.6 Å². The fourth-order valence-electron chi connectivity index (χ4n) is 3.08. The summed E-state index contributed by atoms with van der Waals surface area (Å²) in [5.41, 5.74) is 0.905. The van der Waals surface area contributed by atoms with Crippen LogP contribution in [0.5, 0.6) is 0 Å². The summed E-state index contributed by atoms with van der Waals surface area (Å²) >= 11 is 0. The van der Waals surface area contributed by atoms with Crippen molar-refractivity contribution in [2.24, 2.45) is 5.41 Å². The molecule has 0 aliphatic carbocycles. The highest BCUT2D eigenvalue weighted by Gasteiger charge is 2.40. The number of likely N-dealkylation sites (tertiary alicyclic amines) is 1. The average molecular weight is 246 g/mol. The number of amides is 1. The zero-order valence-electron chi connectivity index (χ0n) is 10.4. The van der Waals surface area contributed by atoms with Crippen LogP contribution in [0.25, 0.3) is 0 Å². The maximum Gasteiger partial charge on any atom is 0.257 e. The Morgan fingerprint density at radius 2 is 2.17 bits per heavy atom. The number of hydrogen-bond acceptors (Lipinski definition) is 4. The molecule has 18 heavy (non-hydrogen) atoms. The van der Waals surface area contributed by atoms with Gasteiger partial charge >= 0.3 is 0 Å². The van der Waals surface area contributed by atoms with Crippen LogP contribution in [-0.2, 0) is 0 Å². The Bertz CT molecular complexity index is 428. The van der Waals surface area contributed by atoms with Gasteiger partial charge in [0, 0.05) is 37.4 Å². The molecule has 2 fully saturated rings. The third-order valence-electron chi connectivity index (χ3n) is 4.09. The molecule has 0 radical (unpaired) electrons. The normalized spacial score (nSPS) is 27.7. The molecule has 1 atom stereocenters. The highest BCUT2D eigenvalue weighted by Crippen LogP contribution is 2.36. The lowest BCUT2D eigenvalue weighted by atomic mass is 9.80. The zero-order chi connectivity index (χ0) is 12.4. The van der Waals surface area contributed by atoms with Crippen molar-refractivity contribution in [1.29, 1.82) is 0 Å². The summed E-state index contributed by atoms with van der Waals surface area (Å²) in [7, 11) is 0. The van der Waals surface area contributed by atoms with Crippen molar-refractivity contribution in [2.45, 2.75) is 19.3 Å². The number of nitrogens with zero attached hydrogens (tertiary/aromatic N) is 3. The minimum Gasteiger partial charge on any atom is -0.338 e. The van der Waals surface area contributed by atoms with Crippen molar-refractivity contribution in [1.82, 2.24) is 20.2 Å². The van der Waals surface area contributed by atoms with Crippen LogP contribution in [0, 0.1) is 5.41 Å². The van der Waals surface area contributed by atoms with Crippen LogP contribution in [0.2, 0.25) is 0 Å². The Hall–Kier alpha value is -1.49. The van der Waals surface area contributed by atoms with E-state index in [0.29, 0.717) is 11.0 Å². The first kappa shape index (κ1) is 11.6. The molecule has 3 heterocycles. The quantitative estimate of drug-likeness (QED) is 0.792. The second-order valence-electron chi connectivity index (χ2n) is 5.38. The van der Waals surface area contributed by atoms with Crippen molar-refractivity contribution >= 4 is 5.91 Å². The zero-order valence-corrected chi connectivity index (χ0v) is 10.4. The molecular formula is C13H18N4O. The van der Waals surface area contributed by atoms with Gasteiger partial charge in [0.25, 0.3) is 5.91 Å². The first-order valence-corrected chi connectivity index (χ1v) is 6.54. The molecule has 1 amide bonds. The van der Waals surface area contributed by atoms with E-state index in [1.807, 2.05) is 4.90 Å². The third-order valence-corrected chi connectivity index (χ3v) is 4.09. The van der Waals surface area contributed by atoms with E-state index in [9.17, 15) is 4.79 Å². The van der Waals surface area contributed by atoms with Crippen LogP contribution in [-0.4, -0.2) is 47.0 Å². The number of piperidine rings is 1. The van der Waals surface area contributed by atoms with E-state index in [-0.39, 0.29) is 5.91 Å². The summed E-state index contributed by atoms with van der Waals surface area (Å²) in [5, 5.41) is 3.45. The lowest BCUT2D eigenvalue weighted by molar-refractivity contribution is 0.0763. The van der Waals surface area contributed by atoms with Gasteiger partial charge in [0.15, 0.2) is 0 Å². The summed E-state index contributed by atoms with van der Waals surface area (Å²) in [4.78, 5) is 22.1. The smallest absolute Gasteiger partial charge is 0.257 e. The van der Waals surface area contributed by atoms with Gasteiger partial charge in [0.05, 0.1) is 5.56 Å². The molecule has 2 saturated heterocycles. The minimum atomic E-state index is 0.0676. The molecule has 1 N–H and O–H groups in total. The number of carbonyl (C=O) groups excluding carboxylic acids is 1. The predicted octanol–water partition coefficient (Wildman–Crippen LogP) is 0.692. The van der Waals surface area contributed by atoms with E-state index in [4.69, 9.17) is 0 Å². The molecule has 2 aliphatic heterocycles. The SMILES string of the molecule is O=C(c1cncnc1)N1CCC2(CCCNC2)C1. The van der Waals surface area contributed by atoms with Crippen LogP contribution in [0.3, 0.4) is 0 Å². The van der Waals surface area contributed by atoms with Gasteiger partial charge in [0.1, 0.15) is 6.33 Å². The number of hydrogen-bond donors (Lipinski definition) is 1. The molecule has 0 aromatic carbocycles. The molecule has 5 heteroatoms. The summed E-state index contributed by atoms with van der Waals surface area (Å²) in [6.07, 6.45) is 8.21. The molecule has 1 spiro atoms. The number of carbonyl (C=O) groups is 1. The van der Waals surface area contributed by atoms with E-state index in [2.05, 4.69) is 15.3 Å². The van der Waals surface area contributed by atoms with Gasteiger partial charge < -0.3 is 10.2 Å². The predicted molar refractivity (Wildman–Crippen MR) is 67.1 cm³/mol. The van der Waals surface area contributed by atoms with Gasteiger partial charge in [-0.2, -0.15) is 0 Å². The van der Waals surface area contributed by atoms with Gasteiger partial charge in [-0.05, 0) is 25.8 Å². The van der Waals surface area contributed by atoms with Crippen LogP contribution >= 0.6 is 0 Å². The van der Waals surface area contributed by atoms with E-state index in [1.54, 1.807) is 12.4 Å². The highest BCUT2D eigenvalue weighted by molar-refractivity contribution is 5.93. The largest absolute Gasteiger partial charge is 0.338 e. The van der Waals surface area contributed by atoms with Gasteiger partial charge in [0.2, 0.25) is 0 Å². The third kappa shape index (κ3) is 2.10. The first-order valence-electron chi connectivity index (χ1n) is 6.54. The van der Waals surface area contributed by atoms with Gasteiger partial charge in [-0.15, -0.1) is 0 Å². The van der Waals surface area contributed by atoms with Crippen molar-refractivity contribution < 1.29 is 4.79 Å². The fraction of sp³-hybridized carbons (Fsp3) is 0.615. The number of rotatable bonds is 1. The number of aromatic nitrogens is 2. The fourth-order valence-corrected chi connectivity index (χ4v) is 3.08. The summed E-state index contributed by atoms with van der Waals surface area (Å²) < 4.78 is 0. The van der Waals surface area contributed by atoms with Gasteiger partial charge in [-0.1, -0.05) is 0 Å². The second kappa shape index (κ2) is 4.65. The standard InChI is InChI=1S/C13H18N4O/c18-12(11-6-15-10-16-7-11)17-5-3-13(9-17)2-1-4-14-8-13/h6-7,10,14H,1-5,8-9H2. The molecule has 0 saturated carbocycles. The first-order chi connectivity index (χ1) is 8.79. The van der Waals surface area contributed by atoms with Crippen LogP contribution in [0.4, 0.5) is 0 Å². The Morgan fingerprint density at radius 3 is 2.89 bits per heavy atom. The molecule has 1 aromatic rings. The molecule has 5 nitrogen and oxygen atoms in total. The lowest BCUT2D eigenvalue weighted by Crippen LogP contribution is -2.42. The Morgan fingerprint density at radius 1 is 1.33 bits per heavy atom. The molecule has 1 aromatic heterocycles. The minimum absolute atomic E-state index is 0.0676. The molecule has 0 bridgehead atoms. The Labute approximate surface area is 107 Å². The van der Waals surface area contributed by atoms with Gasteiger partial charge in [-0.3, -0.25) is 4.79 Å². The van der Waals surface area contributed by atoms with Crippen molar-refractivity contribution in [2.75, 3.05) is 26.2 Å². The van der Waals surface area contributed by atoms with Gasteiger partial charge in [-0.25, -0.2) is 9.97 Å². The lowest BCUT2D eigenvalue weighted by Gasteiger charge is -2.33. The molecular weight excluding hydrogens is 228 g/mol. The van der Waals surface area contributed by atoms with E-state index in [1.165, 1.54) is 19.2 Å². The maximum atomic E-state index is 12.3. The molecule has 2 aliphatic rings. The maximum absolute atomic E-state index is 12.3. The summed E-state index contributed by atoms with van der Waals surface area (Å²) in [5.74, 6) is 0.0676. The topological polar surface area (TPSA) is 58.1 Å². The van der Waals surface area contributed by atoms with Crippen molar-refractivity contribution in [3.05, 3.63) is 24.3 Å². The summed E-state index contributed by atoms with van der Waals surface area (Å²) in [6, 6.07) is 0. The Kier molecular flexibility index (Phi) is 2.99. The van der Waals surface area contributed by atoms with E-state index < -0.39 is 0 Å². The monoisotopic (exact) mass is 246 g/mol. The highest BCUT2D eigenvalue weighted by atomic mass is 16.2. The van der Waals surface area contributed by atoms with E-state index >= 15 is 0 Å². The Balaban J connectivity index is 1.70. The van der Waals surface area contributed by atoms with Crippen LogP contribution in [0.1, 0.15) is 29.6 Å².